The first kappa shape index (κ1) is 14.7. The van der Waals surface area contributed by atoms with E-state index in [4.69, 9.17) is 0 Å². The molecule has 0 aliphatic rings. The molecule has 0 unspecified atom stereocenters. The average molecular weight is 286 g/mol. The summed E-state index contributed by atoms with van der Waals surface area (Å²) in [6.07, 6.45) is -0.246. The van der Waals surface area contributed by atoms with Crippen molar-refractivity contribution in [1.82, 2.24) is 0 Å². The highest BCUT2D eigenvalue weighted by Crippen LogP contribution is 2.13. The smallest absolute Gasteiger partial charge is 0.165 e. The Bertz CT molecular complexity index is 626. The molecule has 108 valence electrons. The van der Waals surface area contributed by atoms with Crippen molar-refractivity contribution in [1.29, 1.82) is 0 Å². The molecule has 1 atom stereocenters. The molecule has 2 aromatic carbocycles. The summed E-state index contributed by atoms with van der Waals surface area (Å²) in [5, 5.41) is 13.8. The van der Waals surface area contributed by atoms with Gasteiger partial charge in [-0.05, 0) is 24.3 Å². The highest BCUT2D eigenvalue weighted by Gasteiger charge is 2.16. The van der Waals surface area contributed by atoms with Gasteiger partial charge in [0.05, 0.1) is 12.0 Å². The lowest BCUT2D eigenvalue weighted by atomic mass is 10.0. The first-order valence-electron chi connectivity index (χ1n) is 6.37. The lowest BCUT2D eigenvalue weighted by Crippen LogP contribution is -2.42. The molecule has 0 bridgehead atoms. The lowest BCUT2D eigenvalue weighted by Gasteiger charge is -2.20. The summed E-state index contributed by atoms with van der Waals surface area (Å²) in [7, 11) is 0. The van der Waals surface area contributed by atoms with Crippen LogP contribution in [0, 0.1) is 5.82 Å². The number of Topliss-reactive ketones (excluding diaryl/α,β-unsaturated/α-hetero) is 1. The van der Waals surface area contributed by atoms with E-state index >= 15 is 0 Å². The number of benzene rings is 2. The van der Waals surface area contributed by atoms with E-state index in [9.17, 15) is 19.1 Å². The van der Waals surface area contributed by atoms with Crippen LogP contribution in [-0.2, 0) is 4.79 Å². The predicted molar refractivity (Wildman–Crippen MR) is 74.2 cm³/mol. The van der Waals surface area contributed by atoms with Gasteiger partial charge < -0.3 is 15.2 Å². The van der Waals surface area contributed by atoms with Gasteiger partial charge in [-0.3, -0.25) is 4.79 Å². The van der Waals surface area contributed by atoms with Gasteiger partial charge in [0.1, 0.15) is 5.82 Å². The van der Waals surface area contributed by atoms with Crippen molar-refractivity contribution in [3.63, 3.8) is 0 Å². The number of carbonyl (C=O) groups excluding carboxylic acids is 2. The summed E-state index contributed by atoms with van der Waals surface area (Å²) >= 11 is 0. The Labute approximate surface area is 121 Å². The fraction of sp³-hybridized carbons (Fsp3) is 0.125. The minimum Gasteiger partial charge on any atom is -0.548 e. The van der Waals surface area contributed by atoms with E-state index in [0.717, 1.165) is 0 Å². The van der Waals surface area contributed by atoms with Crippen LogP contribution < -0.4 is 10.4 Å². The number of aliphatic carboxylic acids is 1. The minimum atomic E-state index is -1.39. The van der Waals surface area contributed by atoms with Crippen molar-refractivity contribution in [2.75, 3.05) is 5.32 Å². The number of carboxylic acid groups (broad SMARTS) is 1. The predicted octanol–water partition coefficient (Wildman–Crippen LogP) is 1.63. The molecule has 1 N–H and O–H groups in total. The van der Waals surface area contributed by atoms with Gasteiger partial charge in [0.25, 0.3) is 0 Å². The molecule has 0 saturated heterocycles. The van der Waals surface area contributed by atoms with Crippen molar-refractivity contribution >= 4 is 17.4 Å². The van der Waals surface area contributed by atoms with Crippen LogP contribution in [0.25, 0.3) is 0 Å². The molecule has 0 radical (unpaired) electrons. The van der Waals surface area contributed by atoms with E-state index in [0.29, 0.717) is 11.3 Å². The van der Waals surface area contributed by atoms with Gasteiger partial charge in [-0.15, -0.1) is 0 Å². The van der Waals surface area contributed by atoms with E-state index in [1.165, 1.54) is 24.3 Å². The fourth-order valence-corrected chi connectivity index (χ4v) is 1.87. The molecular formula is C16H13FNO3-. The number of hydrogen-bond donors (Lipinski definition) is 1. The van der Waals surface area contributed by atoms with E-state index in [1.807, 2.05) is 0 Å². The molecule has 2 aromatic rings. The van der Waals surface area contributed by atoms with Gasteiger partial charge >= 0.3 is 0 Å². The zero-order valence-electron chi connectivity index (χ0n) is 11.1. The number of nitrogens with one attached hydrogen (secondary N) is 1. The number of carboxylic acids is 1. The fourth-order valence-electron chi connectivity index (χ4n) is 1.87. The third-order valence-electron chi connectivity index (χ3n) is 2.95. The first-order chi connectivity index (χ1) is 10.1. The van der Waals surface area contributed by atoms with Crippen LogP contribution in [0.2, 0.25) is 0 Å². The number of carbonyl (C=O) groups is 2. The molecule has 4 nitrogen and oxygen atoms in total. The zero-order valence-corrected chi connectivity index (χ0v) is 11.1. The first-order valence-corrected chi connectivity index (χ1v) is 6.37. The second kappa shape index (κ2) is 6.65. The Balaban J connectivity index is 2.07. The molecule has 0 aromatic heterocycles. The van der Waals surface area contributed by atoms with Gasteiger partial charge in [0.2, 0.25) is 0 Å². The molecule has 0 aliphatic carbocycles. The van der Waals surface area contributed by atoms with Crippen molar-refractivity contribution < 1.29 is 19.1 Å². The summed E-state index contributed by atoms with van der Waals surface area (Å²) in [5.41, 5.74) is 0.844. The van der Waals surface area contributed by atoms with Crippen molar-refractivity contribution in [3.05, 3.63) is 66.0 Å². The molecule has 5 heteroatoms. The van der Waals surface area contributed by atoms with Gasteiger partial charge in [-0.1, -0.05) is 30.3 Å². The maximum atomic E-state index is 12.8. The number of ketones is 1. The Hall–Kier alpha value is -2.69. The molecular weight excluding hydrogens is 273 g/mol. The van der Waals surface area contributed by atoms with Gasteiger partial charge in [-0.2, -0.15) is 0 Å². The summed E-state index contributed by atoms with van der Waals surface area (Å²) in [6.45, 7) is 0. The van der Waals surface area contributed by atoms with Crippen molar-refractivity contribution in [2.24, 2.45) is 0 Å². The van der Waals surface area contributed by atoms with Crippen molar-refractivity contribution in [3.8, 4) is 0 Å². The molecule has 0 aliphatic heterocycles. The van der Waals surface area contributed by atoms with E-state index in [1.54, 1.807) is 30.3 Å². The number of hydrogen-bond acceptors (Lipinski definition) is 4. The SMILES string of the molecule is O=C(C[C@H](Nc1ccc(F)cc1)C(=O)[O-])c1ccccc1. The highest BCUT2D eigenvalue weighted by molar-refractivity contribution is 5.99. The van der Waals surface area contributed by atoms with Crippen LogP contribution in [0.5, 0.6) is 0 Å². The molecule has 2 rings (SSSR count). The molecule has 0 heterocycles. The van der Waals surface area contributed by atoms with E-state index < -0.39 is 17.8 Å². The third kappa shape index (κ3) is 4.14. The average Bonchev–Trinajstić information content (AvgIpc) is 2.49. The third-order valence-corrected chi connectivity index (χ3v) is 2.95. The molecule has 21 heavy (non-hydrogen) atoms. The van der Waals surface area contributed by atoms with Gasteiger partial charge in [0, 0.05) is 17.7 Å². The highest BCUT2D eigenvalue weighted by atomic mass is 19.1. The standard InChI is InChI=1S/C16H14FNO3/c17-12-6-8-13(9-7-12)18-14(16(20)21)10-15(19)11-4-2-1-3-5-11/h1-9,14,18H,10H2,(H,20,21)/p-1/t14-/m0/s1. The Kier molecular flexibility index (Phi) is 4.66. The van der Waals surface area contributed by atoms with Crippen molar-refractivity contribution in [2.45, 2.75) is 12.5 Å². The zero-order chi connectivity index (χ0) is 15.2. The Morgan fingerprint density at radius 1 is 1.05 bits per heavy atom. The quantitative estimate of drug-likeness (QED) is 0.819. The van der Waals surface area contributed by atoms with Crippen LogP contribution in [0.1, 0.15) is 16.8 Å². The maximum Gasteiger partial charge on any atom is 0.165 e. The summed E-state index contributed by atoms with van der Waals surface area (Å²) < 4.78 is 12.8. The molecule has 0 amide bonds. The minimum absolute atomic E-state index is 0.246. The molecule has 0 spiro atoms. The normalized spacial score (nSPS) is 11.7. The van der Waals surface area contributed by atoms with Crippen LogP contribution >= 0.6 is 0 Å². The van der Waals surface area contributed by atoms with Gasteiger partial charge in [-0.25, -0.2) is 4.39 Å². The van der Waals surface area contributed by atoms with Crippen LogP contribution in [-0.4, -0.2) is 17.8 Å². The Morgan fingerprint density at radius 2 is 1.67 bits per heavy atom. The second-order valence-electron chi connectivity index (χ2n) is 4.52. The topological polar surface area (TPSA) is 69.2 Å². The van der Waals surface area contributed by atoms with Crippen LogP contribution in [0.15, 0.2) is 54.6 Å². The van der Waals surface area contributed by atoms with Crippen LogP contribution in [0.3, 0.4) is 0 Å². The number of anilines is 1. The van der Waals surface area contributed by atoms with E-state index in [-0.39, 0.29) is 12.2 Å². The largest absolute Gasteiger partial charge is 0.548 e. The maximum absolute atomic E-state index is 12.8. The van der Waals surface area contributed by atoms with E-state index in [2.05, 4.69) is 5.32 Å². The number of halogens is 1. The van der Waals surface area contributed by atoms with Crippen LogP contribution in [0.4, 0.5) is 10.1 Å². The molecule has 0 fully saturated rings. The Morgan fingerprint density at radius 3 is 2.24 bits per heavy atom. The van der Waals surface area contributed by atoms with Gasteiger partial charge in [0.15, 0.2) is 5.78 Å². The summed E-state index contributed by atoms with van der Waals surface area (Å²) in [5.74, 6) is -2.12. The monoisotopic (exact) mass is 286 g/mol. The number of rotatable bonds is 6. The lowest BCUT2D eigenvalue weighted by molar-refractivity contribution is -0.306. The second-order valence-corrected chi connectivity index (χ2v) is 4.52. The molecule has 0 saturated carbocycles. The summed E-state index contributed by atoms with van der Waals surface area (Å²) in [4.78, 5) is 23.2. The summed E-state index contributed by atoms with van der Waals surface area (Å²) in [6, 6.07) is 12.4.